The predicted octanol–water partition coefficient (Wildman–Crippen LogP) is -1.93. The molecule has 0 aromatic heterocycles. The van der Waals surface area contributed by atoms with Crippen molar-refractivity contribution in [3.8, 4) is 0 Å². The van der Waals surface area contributed by atoms with Gasteiger partial charge in [-0.05, 0) is 44.0 Å². The lowest BCUT2D eigenvalue weighted by Gasteiger charge is -2.33. The maximum Gasteiger partial charge on any atom is 0.754 e. The minimum Gasteiger partial charge on any atom is -0.387 e. The highest BCUT2D eigenvalue weighted by Crippen LogP contribution is 2.49. The van der Waals surface area contributed by atoms with E-state index in [2.05, 4.69) is 0 Å². The molecule has 3 saturated carbocycles. The van der Waals surface area contributed by atoms with Gasteiger partial charge in [0.2, 0.25) is 0 Å². The van der Waals surface area contributed by atoms with Gasteiger partial charge in [0.15, 0.2) is 12.2 Å². The molecule has 14 nitrogen and oxygen atoms in total. The fourth-order valence-corrected chi connectivity index (χ4v) is 6.51. The highest BCUT2D eigenvalue weighted by atomic mass is 31.2. The topological polar surface area (TPSA) is 230 Å². The third-order valence-corrected chi connectivity index (χ3v) is 8.43. The van der Waals surface area contributed by atoms with E-state index in [1.54, 1.807) is 0 Å². The van der Waals surface area contributed by atoms with Crippen molar-refractivity contribution in [1.29, 1.82) is 0 Å². The van der Waals surface area contributed by atoms with Crippen LogP contribution >= 0.6 is 15.6 Å². The molecule has 0 bridgehead atoms. The Morgan fingerprint density at radius 1 is 0.588 bits per heavy atom. The van der Waals surface area contributed by atoms with E-state index in [-0.39, 0.29) is 12.1 Å². The second-order valence-electron chi connectivity index (χ2n) is 9.32. The Labute approximate surface area is 197 Å². The van der Waals surface area contributed by atoms with Gasteiger partial charge < -0.3 is 20.4 Å². The van der Waals surface area contributed by atoms with Crippen molar-refractivity contribution in [2.75, 3.05) is 0 Å². The van der Waals surface area contributed by atoms with Crippen LogP contribution in [0.1, 0.15) is 64.2 Å². The lowest BCUT2D eigenvalue weighted by atomic mass is 9.85. The SMILES string of the molecule is O=P(O)(O[NH2+]C1CCCCC1)[O+][C@H]1[C@H](O)[C@H](O)[C@H](O)[C@@H](O)[C@@H]1[O+]P(=O)(O)O[NH2+]C1CCCCC1. The van der Waals surface area contributed by atoms with Crippen LogP contribution in [0.25, 0.3) is 0 Å². The Morgan fingerprint density at radius 3 is 1.24 bits per heavy atom. The van der Waals surface area contributed by atoms with Crippen molar-refractivity contribution in [3.05, 3.63) is 0 Å². The number of aliphatic hydroxyl groups excluding tert-OH is 4. The average Bonchev–Trinajstić information content (AvgIpc) is 2.82. The van der Waals surface area contributed by atoms with Gasteiger partial charge in [-0.1, -0.05) is 12.8 Å². The number of phosphoric ester groups is 2. The molecule has 0 spiro atoms. The van der Waals surface area contributed by atoms with Crippen LogP contribution < -0.4 is 11.0 Å². The van der Waals surface area contributed by atoms with Crippen LogP contribution in [0.4, 0.5) is 0 Å². The van der Waals surface area contributed by atoms with E-state index in [0.29, 0.717) is 0 Å². The van der Waals surface area contributed by atoms with Gasteiger partial charge in [-0.2, -0.15) is 20.1 Å². The van der Waals surface area contributed by atoms with Crippen molar-refractivity contribution in [3.63, 3.8) is 0 Å². The summed E-state index contributed by atoms with van der Waals surface area (Å²) < 4.78 is 44.9. The van der Waals surface area contributed by atoms with Crippen LogP contribution in [0.3, 0.4) is 0 Å². The molecule has 0 aromatic carbocycles. The molecule has 0 saturated heterocycles. The maximum absolute atomic E-state index is 12.5. The Balaban J connectivity index is 1.66. The van der Waals surface area contributed by atoms with Gasteiger partial charge in [-0.15, -0.1) is 0 Å². The first-order valence-electron chi connectivity index (χ1n) is 11.8. The van der Waals surface area contributed by atoms with Crippen LogP contribution in [0.15, 0.2) is 0 Å². The van der Waals surface area contributed by atoms with Gasteiger partial charge in [0.25, 0.3) is 0 Å². The zero-order chi connectivity index (χ0) is 24.9. The number of nitrogens with two attached hydrogens (primary N) is 2. The number of hydrogen-bond donors (Lipinski definition) is 8. The number of phosphoric acid groups is 2. The summed E-state index contributed by atoms with van der Waals surface area (Å²) in [6.45, 7) is 0. The third-order valence-electron chi connectivity index (χ3n) is 6.63. The number of hydroxylamine groups is 2. The highest BCUT2D eigenvalue weighted by Gasteiger charge is 2.69. The zero-order valence-electron chi connectivity index (χ0n) is 18.9. The Bertz CT molecular complexity index is 676. The second kappa shape index (κ2) is 12.5. The monoisotopic (exact) mass is 536 g/mol. The number of rotatable bonds is 10. The predicted molar refractivity (Wildman–Crippen MR) is 113 cm³/mol. The molecule has 8 atom stereocenters. The molecule has 10 N–H and O–H groups in total. The fourth-order valence-electron chi connectivity index (χ4n) is 4.65. The summed E-state index contributed by atoms with van der Waals surface area (Å²) in [5, 5.41) is 40.8. The lowest BCUT2D eigenvalue weighted by Crippen LogP contribution is -2.88. The van der Waals surface area contributed by atoms with Gasteiger partial charge in [-0.25, -0.2) is 0 Å². The van der Waals surface area contributed by atoms with Crippen molar-refractivity contribution in [1.82, 2.24) is 0 Å². The Kier molecular flexibility index (Phi) is 10.5. The number of aliphatic hydroxyl groups is 4. The van der Waals surface area contributed by atoms with E-state index < -0.39 is 52.3 Å². The third kappa shape index (κ3) is 7.99. The molecule has 3 rings (SSSR count). The number of hydrogen-bond acceptors (Lipinski definition) is 10. The van der Waals surface area contributed by atoms with E-state index in [0.717, 1.165) is 64.2 Å². The van der Waals surface area contributed by atoms with Gasteiger partial charge in [0, 0.05) is 25.7 Å². The molecule has 0 aliphatic heterocycles. The van der Waals surface area contributed by atoms with Gasteiger partial charge in [0.05, 0.1) is 0 Å². The molecule has 16 heteroatoms. The molecule has 0 heterocycles. The minimum atomic E-state index is -4.90. The average molecular weight is 536 g/mol. The van der Waals surface area contributed by atoms with Crippen molar-refractivity contribution >= 4 is 15.6 Å². The van der Waals surface area contributed by atoms with E-state index >= 15 is 0 Å². The Hall–Kier alpha value is -0.0200. The minimum absolute atomic E-state index is 0.0689. The summed E-state index contributed by atoms with van der Waals surface area (Å²) in [6.07, 6.45) is -3.12. The van der Waals surface area contributed by atoms with Crippen LogP contribution in [0, 0.1) is 0 Å². The molecular formula is C18H38N2O12P2+4. The molecule has 2 unspecified atom stereocenters. The smallest absolute Gasteiger partial charge is 0.387 e. The van der Waals surface area contributed by atoms with Crippen LogP contribution in [-0.2, 0) is 27.4 Å². The molecule has 3 aliphatic carbocycles. The second-order valence-corrected chi connectivity index (χ2v) is 12.0. The van der Waals surface area contributed by atoms with E-state index in [4.69, 9.17) is 18.3 Å². The molecule has 2 radical (unpaired) electrons. The first kappa shape index (κ1) is 28.5. The molecular weight excluding hydrogens is 498 g/mol. The molecule has 3 fully saturated rings. The maximum atomic E-state index is 12.5. The standard InChI is InChI=1S/C18H36N2O12P2/c21-13-14(22)16(24)18(30-34(27,28)32-20-12-9-5-2-6-10-12)17(15(13)23)29-33(25,26)31-19-11-7-3-1-4-8-11/h11-24H,1-10H2,(H,25,26)(H,27,28)/q+2/p+2/t13-,14+,15-,16-,17+,18+/m1/s1. The van der Waals surface area contributed by atoms with E-state index in [1.165, 1.54) is 11.0 Å². The summed E-state index contributed by atoms with van der Waals surface area (Å²) >= 11 is 0. The van der Waals surface area contributed by atoms with Crippen LogP contribution in [-0.4, -0.2) is 78.9 Å². The van der Waals surface area contributed by atoms with Crippen LogP contribution in [0.2, 0.25) is 0 Å². The summed E-state index contributed by atoms with van der Waals surface area (Å²) in [7, 11) is -9.79. The quantitative estimate of drug-likeness (QED) is 0.0867. The molecule has 3 aliphatic rings. The Morgan fingerprint density at radius 2 is 0.912 bits per heavy atom. The van der Waals surface area contributed by atoms with Crippen molar-refractivity contribution in [2.24, 2.45) is 0 Å². The summed E-state index contributed by atoms with van der Waals surface area (Å²) in [5.41, 5.74) is 2.37. The number of quaternary nitrogens is 2. The van der Waals surface area contributed by atoms with Crippen molar-refractivity contribution < 1.29 is 68.6 Å². The molecule has 198 valence electrons. The zero-order valence-corrected chi connectivity index (χ0v) is 20.7. The van der Waals surface area contributed by atoms with Gasteiger partial charge in [-0.3, -0.25) is 9.79 Å². The normalized spacial score (nSPS) is 37.7. The summed E-state index contributed by atoms with van der Waals surface area (Å²) in [6, 6.07) is -0.138. The highest BCUT2D eigenvalue weighted by molar-refractivity contribution is 7.47. The first-order valence-corrected chi connectivity index (χ1v) is 14.8. The lowest BCUT2D eigenvalue weighted by molar-refractivity contribution is -0.889. The summed E-state index contributed by atoms with van der Waals surface area (Å²) in [5.74, 6) is 0. The van der Waals surface area contributed by atoms with Gasteiger partial charge in [0.1, 0.15) is 24.3 Å². The summed E-state index contributed by atoms with van der Waals surface area (Å²) in [4.78, 5) is 20.3. The molecule has 34 heavy (non-hydrogen) atoms. The fraction of sp³-hybridized carbons (Fsp3) is 1.00. The molecule has 0 amide bonds. The van der Waals surface area contributed by atoms with E-state index in [1.807, 2.05) is 0 Å². The van der Waals surface area contributed by atoms with Gasteiger partial charge >= 0.3 is 27.9 Å². The van der Waals surface area contributed by atoms with E-state index in [9.17, 15) is 39.3 Å². The molecule has 0 aromatic rings. The van der Waals surface area contributed by atoms with Crippen LogP contribution in [0.5, 0.6) is 0 Å². The van der Waals surface area contributed by atoms with Crippen molar-refractivity contribution in [2.45, 2.75) is 113 Å². The largest absolute Gasteiger partial charge is 0.754 e. The first-order chi connectivity index (χ1) is 16.0.